The molecule has 12 heavy (non-hydrogen) atoms. The quantitative estimate of drug-likeness (QED) is 0.419. The van der Waals surface area contributed by atoms with E-state index in [1.165, 1.54) is 0 Å². The minimum Gasteiger partial charge on any atom is -0.389 e. The SMILES string of the molecule is O[C@@H]1[C@@H](O)[C@@H]2CCCN2C[C@H]1O. The van der Waals surface area contributed by atoms with Gasteiger partial charge in [0.2, 0.25) is 0 Å². The molecule has 2 aliphatic rings. The molecule has 0 aromatic rings. The van der Waals surface area contributed by atoms with Crippen molar-refractivity contribution in [2.75, 3.05) is 13.1 Å². The molecule has 2 fully saturated rings. The van der Waals surface area contributed by atoms with Crippen LogP contribution in [0.4, 0.5) is 0 Å². The van der Waals surface area contributed by atoms with E-state index in [9.17, 15) is 15.3 Å². The highest BCUT2D eigenvalue weighted by Gasteiger charge is 2.42. The third-order valence-electron chi connectivity index (χ3n) is 2.97. The van der Waals surface area contributed by atoms with Gasteiger partial charge in [-0.2, -0.15) is 0 Å². The van der Waals surface area contributed by atoms with Crippen molar-refractivity contribution in [2.24, 2.45) is 0 Å². The summed E-state index contributed by atoms with van der Waals surface area (Å²) in [4.78, 5) is 2.06. The molecule has 0 unspecified atom stereocenters. The smallest absolute Gasteiger partial charge is 0.108 e. The number of aliphatic hydroxyl groups excluding tert-OH is 3. The first-order valence-corrected chi connectivity index (χ1v) is 4.48. The molecule has 0 saturated carbocycles. The summed E-state index contributed by atoms with van der Waals surface area (Å²) in [5, 5.41) is 28.3. The van der Waals surface area contributed by atoms with Crippen LogP contribution in [0.2, 0.25) is 0 Å². The van der Waals surface area contributed by atoms with Crippen molar-refractivity contribution in [3.63, 3.8) is 0 Å². The lowest BCUT2D eigenvalue weighted by atomic mass is 9.94. The molecule has 4 atom stereocenters. The standard InChI is InChI=1S/C8H15NO3/c10-6-4-9-3-1-2-5(9)7(11)8(6)12/h5-8,10-12H,1-4H2/t5-,6+,7-,8-/m0/s1. The van der Waals surface area contributed by atoms with E-state index >= 15 is 0 Å². The van der Waals surface area contributed by atoms with Crippen molar-refractivity contribution < 1.29 is 15.3 Å². The molecule has 0 aliphatic carbocycles. The minimum atomic E-state index is -0.954. The fraction of sp³-hybridized carbons (Fsp3) is 1.00. The van der Waals surface area contributed by atoms with Gasteiger partial charge in [0.25, 0.3) is 0 Å². The van der Waals surface area contributed by atoms with Crippen LogP contribution < -0.4 is 0 Å². The monoisotopic (exact) mass is 173 g/mol. The Morgan fingerprint density at radius 3 is 2.58 bits per heavy atom. The summed E-state index contributed by atoms with van der Waals surface area (Å²) >= 11 is 0. The maximum atomic E-state index is 9.57. The Balaban J connectivity index is 2.10. The molecule has 2 aliphatic heterocycles. The van der Waals surface area contributed by atoms with E-state index in [1.807, 2.05) is 0 Å². The Morgan fingerprint density at radius 1 is 1.08 bits per heavy atom. The van der Waals surface area contributed by atoms with Crippen LogP contribution in [0, 0.1) is 0 Å². The van der Waals surface area contributed by atoms with Gasteiger partial charge in [0.15, 0.2) is 0 Å². The van der Waals surface area contributed by atoms with Crippen molar-refractivity contribution in [3.8, 4) is 0 Å². The summed E-state index contributed by atoms with van der Waals surface area (Å²) in [6.07, 6.45) is -0.513. The van der Waals surface area contributed by atoms with Crippen LogP contribution in [0.5, 0.6) is 0 Å². The summed E-state index contributed by atoms with van der Waals surface area (Å²) in [7, 11) is 0. The van der Waals surface area contributed by atoms with Gasteiger partial charge >= 0.3 is 0 Å². The number of fused-ring (bicyclic) bond motifs is 1. The predicted molar refractivity (Wildman–Crippen MR) is 42.6 cm³/mol. The van der Waals surface area contributed by atoms with Crippen LogP contribution in [0.15, 0.2) is 0 Å². The zero-order valence-electron chi connectivity index (χ0n) is 6.93. The molecular formula is C8H15NO3. The van der Waals surface area contributed by atoms with Crippen molar-refractivity contribution >= 4 is 0 Å². The van der Waals surface area contributed by atoms with Gasteiger partial charge in [0, 0.05) is 12.6 Å². The van der Waals surface area contributed by atoms with Gasteiger partial charge in [-0.15, -0.1) is 0 Å². The Kier molecular flexibility index (Phi) is 2.08. The fourth-order valence-electron chi connectivity index (χ4n) is 2.27. The van der Waals surface area contributed by atoms with Gasteiger partial charge in [0.1, 0.15) is 6.10 Å². The molecule has 70 valence electrons. The molecule has 2 rings (SSSR count). The van der Waals surface area contributed by atoms with Crippen molar-refractivity contribution in [3.05, 3.63) is 0 Å². The summed E-state index contributed by atoms with van der Waals surface area (Å²) < 4.78 is 0. The molecule has 4 nitrogen and oxygen atoms in total. The molecule has 0 amide bonds. The lowest BCUT2D eigenvalue weighted by Gasteiger charge is -2.39. The highest BCUT2D eigenvalue weighted by molar-refractivity contribution is 4.97. The highest BCUT2D eigenvalue weighted by Crippen LogP contribution is 2.27. The molecule has 0 radical (unpaired) electrons. The third-order valence-corrected chi connectivity index (χ3v) is 2.97. The molecule has 3 N–H and O–H groups in total. The Morgan fingerprint density at radius 2 is 1.83 bits per heavy atom. The average Bonchev–Trinajstić information content (AvgIpc) is 2.48. The van der Waals surface area contributed by atoms with E-state index in [1.54, 1.807) is 0 Å². The fourth-order valence-corrected chi connectivity index (χ4v) is 2.27. The molecule has 4 heteroatoms. The van der Waals surface area contributed by atoms with Gasteiger partial charge < -0.3 is 15.3 Å². The second-order valence-corrected chi connectivity index (χ2v) is 3.75. The predicted octanol–water partition coefficient (Wildman–Crippen LogP) is -1.45. The largest absolute Gasteiger partial charge is 0.389 e. The number of nitrogens with zero attached hydrogens (tertiary/aromatic N) is 1. The van der Waals surface area contributed by atoms with E-state index in [0.717, 1.165) is 19.4 Å². The van der Waals surface area contributed by atoms with Crippen molar-refractivity contribution in [2.45, 2.75) is 37.2 Å². The van der Waals surface area contributed by atoms with E-state index < -0.39 is 18.3 Å². The molecule has 2 heterocycles. The summed E-state index contributed by atoms with van der Waals surface area (Å²) in [6.45, 7) is 1.44. The molecule has 0 aromatic heterocycles. The van der Waals surface area contributed by atoms with Gasteiger partial charge in [-0.3, -0.25) is 4.90 Å². The first-order chi connectivity index (χ1) is 5.70. The number of rotatable bonds is 0. The molecule has 0 spiro atoms. The van der Waals surface area contributed by atoms with E-state index in [4.69, 9.17) is 0 Å². The number of hydrogen-bond acceptors (Lipinski definition) is 4. The zero-order chi connectivity index (χ0) is 8.72. The minimum absolute atomic E-state index is 0.0726. The van der Waals surface area contributed by atoms with Crippen LogP contribution in [-0.2, 0) is 0 Å². The van der Waals surface area contributed by atoms with Crippen LogP contribution in [0.25, 0.3) is 0 Å². The van der Waals surface area contributed by atoms with Crippen LogP contribution >= 0.6 is 0 Å². The van der Waals surface area contributed by atoms with E-state index in [0.29, 0.717) is 6.54 Å². The van der Waals surface area contributed by atoms with Crippen molar-refractivity contribution in [1.29, 1.82) is 0 Å². The molecular weight excluding hydrogens is 158 g/mol. The van der Waals surface area contributed by atoms with E-state index in [-0.39, 0.29) is 6.04 Å². The maximum absolute atomic E-state index is 9.57. The highest BCUT2D eigenvalue weighted by atomic mass is 16.4. The number of hydrogen-bond donors (Lipinski definition) is 3. The molecule has 0 bridgehead atoms. The van der Waals surface area contributed by atoms with Crippen LogP contribution in [-0.4, -0.2) is 57.7 Å². The lowest BCUT2D eigenvalue weighted by Crippen LogP contribution is -2.58. The second-order valence-electron chi connectivity index (χ2n) is 3.75. The topological polar surface area (TPSA) is 63.9 Å². The van der Waals surface area contributed by atoms with Gasteiger partial charge in [-0.05, 0) is 19.4 Å². The Hall–Kier alpha value is -0.160. The maximum Gasteiger partial charge on any atom is 0.108 e. The lowest BCUT2D eigenvalue weighted by molar-refractivity contribution is -0.127. The van der Waals surface area contributed by atoms with Gasteiger partial charge in [0.05, 0.1) is 12.2 Å². The van der Waals surface area contributed by atoms with Gasteiger partial charge in [-0.1, -0.05) is 0 Å². The van der Waals surface area contributed by atoms with Crippen LogP contribution in [0.1, 0.15) is 12.8 Å². The summed E-state index contributed by atoms with van der Waals surface area (Å²) in [5.74, 6) is 0. The summed E-state index contributed by atoms with van der Waals surface area (Å²) in [6, 6.07) is 0.0726. The number of piperidine rings is 1. The first kappa shape index (κ1) is 8.44. The normalized spacial score (nSPS) is 49.2. The number of aliphatic hydroxyl groups is 3. The second kappa shape index (κ2) is 2.96. The van der Waals surface area contributed by atoms with E-state index in [2.05, 4.69) is 4.90 Å². The Labute approximate surface area is 71.4 Å². The third kappa shape index (κ3) is 1.15. The molecule has 2 saturated heterocycles. The van der Waals surface area contributed by atoms with Gasteiger partial charge in [-0.25, -0.2) is 0 Å². The van der Waals surface area contributed by atoms with Crippen LogP contribution in [0.3, 0.4) is 0 Å². The zero-order valence-corrected chi connectivity index (χ0v) is 6.93. The average molecular weight is 173 g/mol. The van der Waals surface area contributed by atoms with Crippen molar-refractivity contribution in [1.82, 2.24) is 4.90 Å². The molecule has 0 aromatic carbocycles. The first-order valence-electron chi connectivity index (χ1n) is 4.48. The Bertz CT molecular complexity index is 176. The summed E-state index contributed by atoms with van der Waals surface area (Å²) in [5.41, 5.74) is 0.